The second-order valence-corrected chi connectivity index (χ2v) is 5.36. The highest BCUT2D eigenvalue weighted by atomic mass is 14.7. The lowest BCUT2D eigenvalue weighted by molar-refractivity contribution is 0.526. The zero-order chi connectivity index (χ0) is 13.1. The molecule has 0 radical (unpaired) electrons. The number of rotatable bonds is 4. The Balaban J connectivity index is 1.78. The minimum atomic E-state index is 0.444. The first-order chi connectivity index (χ1) is 9.38. The number of nitrogens with two attached hydrogens (primary N) is 1. The molecule has 3 rings (SSSR count). The van der Waals surface area contributed by atoms with Crippen molar-refractivity contribution in [1.82, 2.24) is 4.98 Å². The van der Waals surface area contributed by atoms with Crippen molar-refractivity contribution in [2.45, 2.75) is 31.1 Å². The van der Waals surface area contributed by atoms with Crippen LogP contribution in [-0.2, 0) is 6.42 Å². The fourth-order valence-corrected chi connectivity index (χ4v) is 3.16. The third-order valence-electron chi connectivity index (χ3n) is 4.20. The van der Waals surface area contributed by atoms with Crippen molar-refractivity contribution in [1.29, 1.82) is 0 Å². The molecule has 1 heterocycles. The van der Waals surface area contributed by atoms with Crippen molar-refractivity contribution in [3.05, 3.63) is 65.5 Å². The lowest BCUT2D eigenvalue weighted by Gasteiger charge is -2.19. The number of pyridine rings is 1. The summed E-state index contributed by atoms with van der Waals surface area (Å²) in [5.41, 5.74) is 10.1. The van der Waals surface area contributed by atoms with Crippen LogP contribution in [0, 0.1) is 0 Å². The van der Waals surface area contributed by atoms with Crippen molar-refractivity contribution in [2.75, 3.05) is 6.54 Å². The van der Waals surface area contributed by atoms with Crippen LogP contribution in [0.3, 0.4) is 0 Å². The van der Waals surface area contributed by atoms with E-state index in [9.17, 15) is 0 Å². The quantitative estimate of drug-likeness (QED) is 0.907. The lowest BCUT2D eigenvalue weighted by Crippen LogP contribution is -2.15. The molecule has 2 unspecified atom stereocenters. The number of hydrogen-bond donors (Lipinski definition) is 1. The molecule has 2 N–H and O–H groups in total. The van der Waals surface area contributed by atoms with E-state index in [-0.39, 0.29) is 0 Å². The smallest absolute Gasteiger partial charge is 0.0466 e. The zero-order valence-electron chi connectivity index (χ0n) is 11.1. The molecule has 0 aliphatic heterocycles. The van der Waals surface area contributed by atoms with E-state index in [1.807, 2.05) is 12.3 Å². The molecule has 2 heteroatoms. The summed E-state index contributed by atoms with van der Waals surface area (Å²) in [5, 5.41) is 0. The lowest BCUT2D eigenvalue weighted by atomic mass is 9.87. The molecule has 0 bridgehead atoms. The topological polar surface area (TPSA) is 38.9 Å². The molecule has 2 aromatic rings. The molecular weight excluding hydrogens is 232 g/mol. The van der Waals surface area contributed by atoms with Crippen LogP contribution in [-0.4, -0.2) is 11.5 Å². The van der Waals surface area contributed by atoms with Gasteiger partial charge in [-0.15, -0.1) is 0 Å². The number of nitrogens with zero attached hydrogens (tertiary/aromatic N) is 1. The molecule has 98 valence electrons. The van der Waals surface area contributed by atoms with Crippen LogP contribution in [0.5, 0.6) is 0 Å². The van der Waals surface area contributed by atoms with E-state index < -0.39 is 0 Å². The van der Waals surface area contributed by atoms with E-state index >= 15 is 0 Å². The Kier molecular flexibility index (Phi) is 3.60. The molecule has 0 saturated heterocycles. The summed E-state index contributed by atoms with van der Waals surface area (Å²) in [6.07, 6.45) is 5.41. The predicted octanol–water partition coefficient (Wildman–Crippen LogP) is 3.24. The average molecular weight is 252 g/mol. The van der Waals surface area contributed by atoms with Gasteiger partial charge in [-0.1, -0.05) is 36.4 Å². The van der Waals surface area contributed by atoms with Gasteiger partial charge in [0.05, 0.1) is 0 Å². The summed E-state index contributed by atoms with van der Waals surface area (Å²) in [6, 6.07) is 14.9. The van der Waals surface area contributed by atoms with E-state index in [1.54, 1.807) is 0 Å². The van der Waals surface area contributed by atoms with Gasteiger partial charge in [-0.05, 0) is 48.9 Å². The van der Waals surface area contributed by atoms with Gasteiger partial charge in [0.15, 0.2) is 0 Å². The second kappa shape index (κ2) is 5.54. The van der Waals surface area contributed by atoms with E-state index in [0.29, 0.717) is 18.4 Å². The van der Waals surface area contributed by atoms with Crippen molar-refractivity contribution >= 4 is 0 Å². The molecule has 1 aliphatic rings. The molecular formula is C17H20N2. The van der Waals surface area contributed by atoms with Gasteiger partial charge in [-0.2, -0.15) is 0 Å². The Morgan fingerprint density at radius 2 is 2.00 bits per heavy atom. The highest BCUT2D eigenvalue weighted by molar-refractivity contribution is 5.30. The number of benzene rings is 1. The fourth-order valence-electron chi connectivity index (χ4n) is 3.16. The van der Waals surface area contributed by atoms with Crippen LogP contribution < -0.4 is 5.73 Å². The highest BCUT2D eigenvalue weighted by Crippen LogP contribution is 2.38. The highest BCUT2D eigenvalue weighted by Gasteiger charge is 2.26. The summed E-state index contributed by atoms with van der Waals surface area (Å²) >= 11 is 0. The normalized spacial score (nSPS) is 19.1. The van der Waals surface area contributed by atoms with Crippen LogP contribution in [0.4, 0.5) is 0 Å². The zero-order valence-corrected chi connectivity index (χ0v) is 11.1. The molecule has 1 aromatic carbocycles. The van der Waals surface area contributed by atoms with Crippen LogP contribution in [0.1, 0.15) is 41.5 Å². The van der Waals surface area contributed by atoms with Gasteiger partial charge in [0, 0.05) is 17.8 Å². The van der Waals surface area contributed by atoms with Gasteiger partial charge in [0.2, 0.25) is 0 Å². The molecule has 0 spiro atoms. The van der Waals surface area contributed by atoms with Crippen molar-refractivity contribution in [2.24, 2.45) is 5.73 Å². The minimum Gasteiger partial charge on any atom is -0.330 e. The van der Waals surface area contributed by atoms with Gasteiger partial charge in [0.25, 0.3) is 0 Å². The maximum atomic E-state index is 5.98. The summed E-state index contributed by atoms with van der Waals surface area (Å²) in [4.78, 5) is 4.58. The summed E-state index contributed by atoms with van der Waals surface area (Å²) in [7, 11) is 0. The molecule has 1 aromatic heterocycles. The molecule has 0 saturated carbocycles. The summed E-state index contributed by atoms with van der Waals surface area (Å²) in [5.74, 6) is 1.02. The first kappa shape index (κ1) is 12.4. The van der Waals surface area contributed by atoms with Crippen molar-refractivity contribution in [3.8, 4) is 0 Å². The third kappa shape index (κ3) is 2.54. The first-order valence-electron chi connectivity index (χ1n) is 7.07. The average Bonchev–Trinajstić information content (AvgIpc) is 2.89. The van der Waals surface area contributed by atoms with E-state index in [4.69, 9.17) is 5.73 Å². The second-order valence-electron chi connectivity index (χ2n) is 5.36. The molecule has 2 atom stereocenters. The van der Waals surface area contributed by atoms with E-state index in [0.717, 1.165) is 6.42 Å². The fraction of sp³-hybridized carbons (Fsp3) is 0.353. The van der Waals surface area contributed by atoms with Crippen LogP contribution in [0.2, 0.25) is 0 Å². The van der Waals surface area contributed by atoms with E-state index in [1.165, 1.54) is 29.7 Å². The molecule has 2 nitrogen and oxygen atoms in total. The number of fused-ring (bicyclic) bond motifs is 1. The predicted molar refractivity (Wildman–Crippen MR) is 78.2 cm³/mol. The van der Waals surface area contributed by atoms with E-state index in [2.05, 4.69) is 41.4 Å². The Bertz CT molecular complexity index is 536. The van der Waals surface area contributed by atoms with Crippen LogP contribution in [0.15, 0.2) is 48.7 Å². The minimum absolute atomic E-state index is 0.444. The van der Waals surface area contributed by atoms with Crippen LogP contribution >= 0.6 is 0 Å². The maximum absolute atomic E-state index is 5.98. The Hall–Kier alpha value is -1.67. The molecule has 0 fully saturated rings. The number of aryl methyl sites for hydroxylation is 1. The van der Waals surface area contributed by atoms with Crippen molar-refractivity contribution in [3.63, 3.8) is 0 Å². The standard InChI is InChI=1S/C17H20N2/c18-12-16(13-5-2-1-3-6-13)11-15-9-8-14-7-4-10-19-17(14)15/h1-7,10,15-16H,8-9,11-12,18H2. The number of hydrogen-bond acceptors (Lipinski definition) is 2. The molecule has 0 amide bonds. The Morgan fingerprint density at radius 3 is 2.79 bits per heavy atom. The van der Waals surface area contributed by atoms with Gasteiger partial charge in [-0.3, -0.25) is 4.98 Å². The monoisotopic (exact) mass is 252 g/mol. The number of aromatic nitrogens is 1. The Morgan fingerprint density at radius 1 is 1.16 bits per heavy atom. The van der Waals surface area contributed by atoms with Gasteiger partial charge in [-0.25, -0.2) is 0 Å². The van der Waals surface area contributed by atoms with Gasteiger partial charge < -0.3 is 5.73 Å². The molecule has 1 aliphatic carbocycles. The largest absolute Gasteiger partial charge is 0.330 e. The van der Waals surface area contributed by atoms with Gasteiger partial charge >= 0.3 is 0 Å². The summed E-state index contributed by atoms with van der Waals surface area (Å²) < 4.78 is 0. The van der Waals surface area contributed by atoms with Gasteiger partial charge in [0.1, 0.15) is 0 Å². The SMILES string of the molecule is NCC(CC1CCc2cccnc21)c1ccccc1. The Labute approximate surface area is 114 Å². The van der Waals surface area contributed by atoms with Crippen molar-refractivity contribution < 1.29 is 0 Å². The maximum Gasteiger partial charge on any atom is 0.0466 e. The first-order valence-corrected chi connectivity index (χ1v) is 7.07. The van der Waals surface area contributed by atoms with Crippen LogP contribution in [0.25, 0.3) is 0 Å². The summed E-state index contributed by atoms with van der Waals surface area (Å²) in [6.45, 7) is 0.711. The molecule has 19 heavy (non-hydrogen) atoms. The third-order valence-corrected chi connectivity index (χ3v) is 4.20.